The van der Waals surface area contributed by atoms with Gasteiger partial charge in [0.15, 0.2) is 0 Å². The van der Waals surface area contributed by atoms with Gasteiger partial charge >= 0.3 is 5.97 Å². The van der Waals surface area contributed by atoms with Crippen LogP contribution in [0, 0.1) is 16.7 Å². The number of rotatable bonds is 18. The quantitative estimate of drug-likeness (QED) is 0.131. The van der Waals surface area contributed by atoms with Crippen LogP contribution in [0.4, 0.5) is 0 Å². The summed E-state index contributed by atoms with van der Waals surface area (Å²) in [6, 6.07) is 5.72. The third-order valence-electron chi connectivity index (χ3n) is 9.28. The Morgan fingerprint density at radius 3 is 2.41 bits per heavy atom. The van der Waals surface area contributed by atoms with Gasteiger partial charge in [-0.15, -0.1) is 11.3 Å². The van der Waals surface area contributed by atoms with Gasteiger partial charge in [0.25, 0.3) is 5.91 Å². The van der Waals surface area contributed by atoms with Gasteiger partial charge < -0.3 is 25.0 Å². The highest BCUT2D eigenvalue weighted by molar-refractivity contribution is 7.09. The Bertz CT molecular complexity index is 1390. The Balaban J connectivity index is 1.81. The number of benzene rings is 1. The van der Waals surface area contributed by atoms with Gasteiger partial charge in [0.1, 0.15) is 35.6 Å². The number of aromatic nitrogens is 1. The second-order valence-electron chi connectivity index (χ2n) is 13.1. The van der Waals surface area contributed by atoms with E-state index in [1.807, 2.05) is 70.0 Å². The van der Waals surface area contributed by atoms with E-state index in [1.54, 1.807) is 4.90 Å². The second kappa shape index (κ2) is 19.4. The lowest BCUT2D eigenvalue weighted by atomic mass is 9.92. The zero-order chi connectivity index (χ0) is 36.1. The lowest BCUT2D eigenvalue weighted by molar-refractivity contribution is -0.147. The van der Waals surface area contributed by atoms with E-state index in [0.717, 1.165) is 42.7 Å². The molecule has 6 atom stereocenters. The van der Waals surface area contributed by atoms with E-state index in [2.05, 4.69) is 20.8 Å². The number of nitrogens with one attached hydrogen (secondary N) is 2. The number of hydrogen-bond donors (Lipinski definition) is 2. The van der Waals surface area contributed by atoms with Gasteiger partial charge in [-0.1, -0.05) is 76.0 Å². The minimum Gasteiger partial charge on any atom is -0.467 e. The second-order valence-corrected chi connectivity index (χ2v) is 14.0. The Morgan fingerprint density at radius 1 is 1.10 bits per heavy atom. The van der Waals surface area contributed by atoms with E-state index in [-0.39, 0.29) is 55.0 Å². The Kier molecular flexibility index (Phi) is 15.7. The van der Waals surface area contributed by atoms with Crippen molar-refractivity contribution < 1.29 is 28.7 Å². The topological polar surface area (TPSA) is 160 Å². The molecule has 2 N–H and O–H groups in total. The maximum atomic E-state index is 14.3. The van der Waals surface area contributed by atoms with Gasteiger partial charge in [0.2, 0.25) is 11.8 Å². The summed E-state index contributed by atoms with van der Waals surface area (Å²) in [7, 11) is 4.68. The van der Waals surface area contributed by atoms with Gasteiger partial charge in [0.05, 0.1) is 13.2 Å². The zero-order valence-electron chi connectivity index (χ0n) is 29.7. The Labute approximate surface area is 293 Å². The van der Waals surface area contributed by atoms with Crippen LogP contribution in [0.5, 0.6) is 0 Å². The van der Waals surface area contributed by atoms with Crippen molar-refractivity contribution in [2.45, 2.75) is 96.4 Å². The average Bonchev–Trinajstić information content (AvgIpc) is 3.60. The molecule has 14 heteroatoms. The van der Waals surface area contributed by atoms with Crippen LogP contribution in [0.15, 0.2) is 40.9 Å². The maximum absolute atomic E-state index is 14.3. The van der Waals surface area contributed by atoms with Crippen molar-refractivity contribution in [2.75, 3.05) is 34.5 Å². The number of likely N-dealkylation sites (tertiary alicyclic amines) is 1. The molecule has 1 aromatic heterocycles. The van der Waals surface area contributed by atoms with Crippen molar-refractivity contribution in [3.8, 4) is 0 Å². The molecule has 1 aliphatic heterocycles. The number of nitroso groups, excluding NO2 is 1. The molecule has 2 heterocycles. The number of likely N-dealkylation sites (N-methyl/N-ethyl adjacent to an activating group) is 1. The average molecular weight is 701 g/mol. The molecule has 0 bridgehead atoms. The number of carbonyl (C=O) groups is 4. The number of thiazole rings is 1. The number of methoxy groups -OCH3 is 2. The first-order valence-corrected chi connectivity index (χ1v) is 17.8. The van der Waals surface area contributed by atoms with Crippen LogP contribution in [0.1, 0.15) is 86.9 Å². The number of carbonyl (C=O) groups excluding carboxylic acids is 4. The predicted molar refractivity (Wildman–Crippen MR) is 188 cm³/mol. The van der Waals surface area contributed by atoms with Crippen LogP contribution in [-0.2, 0) is 30.3 Å². The molecule has 0 radical (unpaired) electrons. The molecule has 0 aliphatic carbocycles. The van der Waals surface area contributed by atoms with Crippen LogP contribution in [0.25, 0.3) is 0 Å². The number of ether oxygens (including phenoxy) is 2. The summed E-state index contributed by atoms with van der Waals surface area (Å²) in [6.45, 7) is 8.56. The van der Waals surface area contributed by atoms with Gasteiger partial charge in [-0.05, 0) is 43.8 Å². The van der Waals surface area contributed by atoms with E-state index >= 15 is 0 Å². The summed E-state index contributed by atoms with van der Waals surface area (Å²) < 4.78 is 10.4. The number of piperidine rings is 1. The van der Waals surface area contributed by atoms with Gasteiger partial charge in [-0.25, -0.2) is 9.78 Å². The van der Waals surface area contributed by atoms with Crippen LogP contribution in [0.2, 0.25) is 0 Å². The smallest absolute Gasteiger partial charge is 0.328 e. The summed E-state index contributed by atoms with van der Waals surface area (Å²) in [5.41, 5.74) is 0.877. The first-order chi connectivity index (χ1) is 23.4. The molecule has 0 spiro atoms. The Hall–Kier alpha value is -3.75. The monoisotopic (exact) mass is 700 g/mol. The molecular weight excluding hydrogens is 648 g/mol. The molecule has 0 unspecified atom stereocenters. The van der Waals surface area contributed by atoms with E-state index in [0.29, 0.717) is 11.4 Å². The van der Waals surface area contributed by atoms with Crippen LogP contribution >= 0.6 is 11.3 Å². The van der Waals surface area contributed by atoms with E-state index < -0.39 is 36.0 Å². The first kappa shape index (κ1) is 39.7. The minimum absolute atomic E-state index is 0.0359. The molecule has 49 heavy (non-hydrogen) atoms. The summed E-state index contributed by atoms with van der Waals surface area (Å²) >= 11 is 1.10. The summed E-state index contributed by atoms with van der Waals surface area (Å²) in [6.07, 6.45) is 3.73. The fourth-order valence-corrected chi connectivity index (χ4v) is 6.96. The number of hydrogen-bond acceptors (Lipinski definition) is 11. The third kappa shape index (κ3) is 10.9. The fraction of sp³-hybridized carbons (Fsp3) is 0.629. The molecule has 3 amide bonds. The molecule has 2 aromatic rings. The predicted octanol–water partition coefficient (Wildman–Crippen LogP) is 4.33. The minimum atomic E-state index is -0.973. The van der Waals surface area contributed by atoms with Crippen molar-refractivity contribution in [1.29, 1.82) is 0 Å². The molecule has 1 aliphatic rings. The largest absolute Gasteiger partial charge is 0.467 e. The van der Waals surface area contributed by atoms with Gasteiger partial charge in [-0.3, -0.25) is 19.3 Å². The SMILES string of the molecule is CC[C@H](C)[C@H](NC(=O)[C@H]1CCCCN1C)C(=O)N(COC)[C@H](C[C@@H](N=O)c1nc(C(=O)N[C@@H](Cc2ccccc2)C(=O)OC)cs1)C(C)C. The molecule has 1 saturated heterocycles. The maximum Gasteiger partial charge on any atom is 0.328 e. The van der Waals surface area contributed by atoms with Crippen LogP contribution < -0.4 is 10.6 Å². The first-order valence-electron chi connectivity index (χ1n) is 17.0. The van der Waals surface area contributed by atoms with Crippen molar-refractivity contribution in [3.63, 3.8) is 0 Å². The number of esters is 1. The van der Waals surface area contributed by atoms with E-state index in [4.69, 9.17) is 9.47 Å². The molecule has 1 fully saturated rings. The highest BCUT2D eigenvalue weighted by Gasteiger charge is 2.38. The van der Waals surface area contributed by atoms with Crippen LogP contribution in [0.3, 0.4) is 0 Å². The molecule has 13 nitrogen and oxygen atoms in total. The lowest BCUT2D eigenvalue weighted by Gasteiger charge is -2.39. The normalized spacial score (nSPS) is 18.1. The molecule has 270 valence electrons. The third-order valence-corrected chi connectivity index (χ3v) is 10.2. The highest BCUT2D eigenvalue weighted by atomic mass is 32.1. The van der Waals surface area contributed by atoms with Gasteiger partial charge in [-0.2, -0.15) is 4.91 Å². The van der Waals surface area contributed by atoms with Gasteiger partial charge in [0, 0.05) is 31.4 Å². The Morgan fingerprint density at radius 2 is 1.82 bits per heavy atom. The molecule has 3 rings (SSSR count). The summed E-state index contributed by atoms with van der Waals surface area (Å²) in [5.74, 6) is -1.93. The van der Waals surface area contributed by atoms with E-state index in [9.17, 15) is 24.1 Å². The molecule has 0 saturated carbocycles. The van der Waals surface area contributed by atoms with E-state index in [1.165, 1.54) is 19.6 Å². The number of amides is 3. The molecule has 1 aromatic carbocycles. The summed E-state index contributed by atoms with van der Waals surface area (Å²) in [4.78, 5) is 73.8. The van der Waals surface area contributed by atoms with Crippen molar-refractivity contribution >= 4 is 35.0 Å². The summed E-state index contributed by atoms with van der Waals surface area (Å²) in [5, 5.41) is 10.9. The van der Waals surface area contributed by atoms with Crippen molar-refractivity contribution in [2.24, 2.45) is 17.0 Å². The fourth-order valence-electron chi connectivity index (χ4n) is 6.12. The highest BCUT2D eigenvalue weighted by Crippen LogP contribution is 2.31. The van der Waals surface area contributed by atoms with Crippen molar-refractivity contribution in [1.82, 2.24) is 25.4 Å². The zero-order valence-corrected chi connectivity index (χ0v) is 30.5. The lowest BCUT2D eigenvalue weighted by Crippen LogP contribution is -2.59. The molecular formula is C35H52N6O7S. The standard InChI is InChI=1S/C35H52N6O7S/c1-8-23(4)30(38-32(43)28-16-12-13-17-40(28)5)34(44)41(21-47-6)29(22(2)3)19-25(39-46)33-37-27(20-49-33)31(42)36-26(35(45)48-7)18-24-14-10-9-11-15-24/h9-11,14-15,20,22-23,25-26,28-30H,8,12-13,16-19,21H2,1-7H3,(H,36,42)(H,38,43)/t23-,25+,26-,28+,29+,30-/m0/s1. The van der Waals surface area contributed by atoms with Crippen molar-refractivity contribution in [3.05, 3.63) is 56.9 Å². The number of nitrogens with zero attached hydrogens (tertiary/aromatic N) is 4. The van der Waals surface area contributed by atoms with Crippen LogP contribution in [-0.4, -0.2) is 97.2 Å².